The van der Waals surface area contributed by atoms with Crippen LogP contribution in [0.3, 0.4) is 0 Å². The highest BCUT2D eigenvalue weighted by atomic mass is 16.7. The Morgan fingerprint density at radius 2 is 1.00 bits per heavy atom. The minimum Gasteiger partial charge on any atom is -0.481 e. The third-order valence-corrected chi connectivity index (χ3v) is 6.19. The van der Waals surface area contributed by atoms with Crippen LogP contribution in [0, 0.1) is 0 Å². The predicted octanol–water partition coefficient (Wildman–Crippen LogP) is 8.20. The Kier molecular flexibility index (Phi) is 20.3. The maximum Gasteiger partial charge on any atom is 0.307 e. The molecule has 0 heterocycles. The number of aliphatic carboxylic acids is 1. The molecule has 0 aliphatic heterocycles. The van der Waals surface area contributed by atoms with Gasteiger partial charge in [0.25, 0.3) is 0 Å². The van der Waals surface area contributed by atoms with Crippen LogP contribution < -0.4 is 0 Å². The zero-order valence-electron chi connectivity index (χ0n) is 21.3. The zero-order chi connectivity index (χ0) is 24.5. The zero-order valence-corrected chi connectivity index (χ0v) is 21.3. The highest BCUT2D eigenvalue weighted by Gasteiger charge is 2.03. The molecule has 34 heavy (non-hydrogen) atoms. The molecule has 194 valence electrons. The number of esters is 1. The first-order valence-electron chi connectivity index (χ1n) is 13.7. The monoisotopic (exact) mass is 476 g/mol. The summed E-state index contributed by atoms with van der Waals surface area (Å²) in [5.41, 5.74) is 1.08. The molecular formula is C29H48O5. The number of carboxylic acids is 1. The lowest BCUT2D eigenvalue weighted by atomic mass is 10.0. The molecule has 0 amide bonds. The summed E-state index contributed by atoms with van der Waals surface area (Å²) in [6, 6.07) is 9.87. The number of hydrogen-bond acceptors (Lipinski definition) is 4. The van der Waals surface area contributed by atoms with E-state index in [0.717, 1.165) is 31.2 Å². The summed E-state index contributed by atoms with van der Waals surface area (Å²) in [6.07, 6.45) is 21.6. The van der Waals surface area contributed by atoms with Gasteiger partial charge in [0.2, 0.25) is 0 Å². The molecule has 0 aliphatic rings. The van der Waals surface area contributed by atoms with E-state index < -0.39 is 5.97 Å². The van der Waals surface area contributed by atoms with Gasteiger partial charge in [-0.25, -0.2) is 0 Å². The number of benzene rings is 1. The van der Waals surface area contributed by atoms with Gasteiger partial charge in [-0.15, -0.1) is 0 Å². The predicted molar refractivity (Wildman–Crippen MR) is 138 cm³/mol. The highest BCUT2D eigenvalue weighted by Crippen LogP contribution is 2.14. The normalized spacial score (nSPS) is 10.9. The third-order valence-electron chi connectivity index (χ3n) is 6.19. The first-order valence-corrected chi connectivity index (χ1v) is 13.7. The van der Waals surface area contributed by atoms with Crippen LogP contribution in [0.2, 0.25) is 0 Å². The third kappa shape index (κ3) is 20.7. The Hall–Kier alpha value is -1.88. The van der Waals surface area contributed by atoms with Crippen molar-refractivity contribution in [3.05, 3.63) is 35.9 Å². The SMILES string of the molecule is O=C(O)CCCCCCCCCCCCCCCCCCCC(=O)OCOCc1ccccc1. The van der Waals surface area contributed by atoms with E-state index in [-0.39, 0.29) is 12.8 Å². The topological polar surface area (TPSA) is 72.8 Å². The Labute approximate surface area is 207 Å². The lowest BCUT2D eigenvalue weighted by Gasteiger charge is -2.06. The second-order valence-corrected chi connectivity index (χ2v) is 9.37. The molecule has 1 aromatic carbocycles. The molecule has 0 saturated heterocycles. The van der Waals surface area contributed by atoms with Gasteiger partial charge in [-0.1, -0.05) is 127 Å². The average Bonchev–Trinajstić information content (AvgIpc) is 2.83. The van der Waals surface area contributed by atoms with Crippen molar-refractivity contribution in [2.24, 2.45) is 0 Å². The first kappa shape index (κ1) is 30.2. The van der Waals surface area contributed by atoms with Crippen molar-refractivity contribution in [3.8, 4) is 0 Å². The molecule has 0 aromatic heterocycles. The highest BCUT2D eigenvalue weighted by molar-refractivity contribution is 5.69. The van der Waals surface area contributed by atoms with Gasteiger partial charge in [-0.3, -0.25) is 9.59 Å². The van der Waals surface area contributed by atoms with Crippen LogP contribution in [-0.2, 0) is 25.7 Å². The van der Waals surface area contributed by atoms with E-state index >= 15 is 0 Å². The van der Waals surface area contributed by atoms with Crippen molar-refractivity contribution in [1.29, 1.82) is 0 Å². The maximum atomic E-state index is 11.7. The molecule has 1 N–H and O–H groups in total. The number of carbonyl (C=O) groups excluding carboxylic acids is 1. The molecule has 1 aromatic rings. The van der Waals surface area contributed by atoms with Gasteiger partial charge in [-0.2, -0.15) is 0 Å². The number of carboxylic acid groups (broad SMARTS) is 1. The van der Waals surface area contributed by atoms with E-state index in [1.54, 1.807) is 0 Å². The molecule has 0 atom stereocenters. The van der Waals surface area contributed by atoms with E-state index in [1.165, 1.54) is 83.5 Å². The van der Waals surface area contributed by atoms with E-state index in [9.17, 15) is 9.59 Å². The van der Waals surface area contributed by atoms with Crippen LogP contribution in [0.5, 0.6) is 0 Å². The quantitative estimate of drug-likeness (QED) is 0.0924. The maximum absolute atomic E-state index is 11.7. The van der Waals surface area contributed by atoms with E-state index in [0.29, 0.717) is 19.4 Å². The number of hydrogen-bond donors (Lipinski definition) is 1. The minimum absolute atomic E-state index is 0.0317. The number of carbonyl (C=O) groups is 2. The molecule has 5 heteroatoms. The Morgan fingerprint density at radius 1 is 0.588 bits per heavy atom. The van der Waals surface area contributed by atoms with Gasteiger partial charge >= 0.3 is 11.9 Å². The van der Waals surface area contributed by atoms with Crippen LogP contribution in [-0.4, -0.2) is 23.8 Å². The van der Waals surface area contributed by atoms with E-state index in [2.05, 4.69) is 0 Å². The van der Waals surface area contributed by atoms with Crippen molar-refractivity contribution in [3.63, 3.8) is 0 Å². The fourth-order valence-corrected chi connectivity index (χ4v) is 4.11. The summed E-state index contributed by atoms with van der Waals surface area (Å²) in [5.74, 6) is -0.833. The van der Waals surface area contributed by atoms with Gasteiger partial charge < -0.3 is 14.6 Å². The first-order chi connectivity index (χ1) is 16.7. The van der Waals surface area contributed by atoms with Crippen LogP contribution in [0.4, 0.5) is 0 Å². The van der Waals surface area contributed by atoms with Crippen molar-refractivity contribution in [2.75, 3.05) is 6.79 Å². The molecule has 0 radical (unpaired) electrons. The molecular weight excluding hydrogens is 428 g/mol. The minimum atomic E-state index is -0.670. The second-order valence-electron chi connectivity index (χ2n) is 9.37. The molecule has 0 saturated carbocycles. The van der Waals surface area contributed by atoms with Crippen LogP contribution in [0.1, 0.15) is 128 Å². The van der Waals surface area contributed by atoms with Crippen LogP contribution in [0.25, 0.3) is 0 Å². The van der Waals surface area contributed by atoms with Crippen LogP contribution >= 0.6 is 0 Å². The molecule has 5 nitrogen and oxygen atoms in total. The van der Waals surface area contributed by atoms with Crippen molar-refractivity contribution < 1.29 is 24.2 Å². The summed E-state index contributed by atoms with van der Waals surface area (Å²) in [7, 11) is 0. The standard InChI is InChI=1S/C29H48O5/c30-28(31)23-19-14-12-10-8-6-4-2-1-3-5-7-9-11-13-15-20-24-29(32)34-26-33-25-27-21-17-16-18-22-27/h16-18,21-22H,1-15,19-20,23-26H2,(H,30,31). The average molecular weight is 477 g/mol. The largest absolute Gasteiger partial charge is 0.481 e. The molecule has 0 bridgehead atoms. The Morgan fingerprint density at radius 3 is 1.44 bits per heavy atom. The number of unbranched alkanes of at least 4 members (excludes halogenated alkanes) is 16. The van der Waals surface area contributed by atoms with E-state index in [4.69, 9.17) is 14.6 Å². The van der Waals surface area contributed by atoms with Crippen LogP contribution in [0.15, 0.2) is 30.3 Å². The Balaban J connectivity index is 1.71. The summed E-state index contributed by atoms with van der Waals surface area (Å²) in [6.45, 7) is 0.497. The summed E-state index contributed by atoms with van der Waals surface area (Å²) in [5, 5.41) is 8.60. The summed E-state index contributed by atoms with van der Waals surface area (Å²) < 4.78 is 10.5. The van der Waals surface area contributed by atoms with Crippen molar-refractivity contribution >= 4 is 11.9 Å². The second kappa shape index (κ2) is 22.9. The van der Waals surface area contributed by atoms with E-state index in [1.807, 2.05) is 30.3 Å². The lowest BCUT2D eigenvalue weighted by Crippen LogP contribution is -2.08. The molecule has 0 aliphatic carbocycles. The molecule has 0 fully saturated rings. The lowest BCUT2D eigenvalue weighted by molar-refractivity contribution is -0.157. The smallest absolute Gasteiger partial charge is 0.307 e. The van der Waals surface area contributed by atoms with Gasteiger partial charge in [0.05, 0.1) is 6.61 Å². The van der Waals surface area contributed by atoms with Gasteiger partial charge in [0.15, 0.2) is 6.79 Å². The summed E-state index contributed by atoms with van der Waals surface area (Å²) >= 11 is 0. The van der Waals surface area contributed by atoms with Gasteiger partial charge in [0.1, 0.15) is 0 Å². The summed E-state index contributed by atoms with van der Waals surface area (Å²) in [4.78, 5) is 22.2. The number of rotatable bonds is 24. The Bertz CT molecular complexity index is 602. The molecule has 1 rings (SSSR count). The fourth-order valence-electron chi connectivity index (χ4n) is 4.11. The van der Waals surface area contributed by atoms with Gasteiger partial charge in [0, 0.05) is 12.8 Å². The molecule has 0 unspecified atom stereocenters. The van der Waals surface area contributed by atoms with Crippen molar-refractivity contribution in [2.45, 2.75) is 129 Å². The number of ether oxygens (including phenoxy) is 2. The van der Waals surface area contributed by atoms with Gasteiger partial charge in [-0.05, 0) is 18.4 Å². The van der Waals surface area contributed by atoms with Crippen molar-refractivity contribution in [1.82, 2.24) is 0 Å². The fraction of sp³-hybridized carbons (Fsp3) is 0.724. The molecule has 0 spiro atoms.